The summed E-state index contributed by atoms with van der Waals surface area (Å²) in [7, 11) is 1.58. The van der Waals surface area contributed by atoms with Crippen molar-refractivity contribution < 1.29 is 13.9 Å². The molecule has 1 unspecified atom stereocenters. The van der Waals surface area contributed by atoms with Gasteiger partial charge in [-0.3, -0.25) is 4.79 Å². The lowest BCUT2D eigenvalue weighted by Gasteiger charge is -2.20. The van der Waals surface area contributed by atoms with Crippen LogP contribution in [0.1, 0.15) is 35.3 Å². The third-order valence-corrected chi connectivity index (χ3v) is 3.23. The van der Waals surface area contributed by atoms with E-state index in [9.17, 15) is 9.18 Å². The van der Waals surface area contributed by atoms with Crippen LogP contribution in [-0.2, 0) is 0 Å². The summed E-state index contributed by atoms with van der Waals surface area (Å²) in [6.45, 7) is 1.94. The molecule has 0 fully saturated rings. The van der Waals surface area contributed by atoms with Crippen LogP contribution in [0, 0.1) is 5.95 Å². The van der Waals surface area contributed by atoms with Crippen LogP contribution in [0.5, 0.6) is 5.75 Å². The number of pyridine rings is 1. The molecule has 1 amide bonds. The molecule has 21 heavy (non-hydrogen) atoms. The Labute approximate surface area is 123 Å². The number of halogens is 1. The minimum atomic E-state index is -0.773. The lowest BCUT2D eigenvalue weighted by molar-refractivity contribution is 0.0930. The molecule has 2 rings (SSSR count). The SMILES string of the molecule is CCC(NC(=O)c1cccnc1F)c1ccccc1OC. The second-order valence-corrected chi connectivity index (χ2v) is 4.52. The minimum absolute atomic E-state index is 0.0640. The second-order valence-electron chi connectivity index (χ2n) is 4.52. The maximum absolute atomic E-state index is 13.5. The number of rotatable bonds is 5. The monoisotopic (exact) mass is 288 g/mol. The molecule has 110 valence electrons. The molecule has 1 aromatic heterocycles. The van der Waals surface area contributed by atoms with Crippen molar-refractivity contribution >= 4 is 5.91 Å². The van der Waals surface area contributed by atoms with Crippen molar-refractivity contribution in [3.05, 3.63) is 59.7 Å². The molecule has 5 heteroatoms. The summed E-state index contributed by atoms with van der Waals surface area (Å²) < 4.78 is 18.8. The van der Waals surface area contributed by atoms with E-state index in [1.165, 1.54) is 18.3 Å². The number of aromatic nitrogens is 1. The molecule has 0 radical (unpaired) electrons. The lowest BCUT2D eigenvalue weighted by atomic mass is 10.0. The molecule has 1 heterocycles. The summed E-state index contributed by atoms with van der Waals surface area (Å²) in [5.74, 6) is -0.570. The smallest absolute Gasteiger partial charge is 0.256 e. The average molecular weight is 288 g/mol. The summed E-state index contributed by atoms with van der Waals surface area (Å²) in [5.41, 5.74) is 0.797. The van der Waals surface area contributed by atoms with Crippen molar-refractivity contribution in [2.75, 3.05) is 7.11 Å². The maximum Gasteiger partial charge on any atom is 0.256 e. The van der Waals surface area contributed by atoms with Gasteiger partial charge in [0, 0.05) is 11.8 Å². The summed E-state index contributed by atoms with van der Waals surface area (Å²) in [6.07, 6.45) is 1.97. The summed E-state index contributed by atoms with van der Waals surface area (Å²) >= 11 is 0. The fraction of sp³-hybridized carbons (Fsp3) is 0.250. The van der Waals surface area contributed by atoms with E-state index >= 15 is 0 Å². The van der Waals surface area contributed by atoms with E-state index in [4.69, 9.17) is 4.74 Å². The predicted molar refractivity (Wildman–Crippen MR) is 77.7 cm³/mol. The van der Waals surface area contributed by atoms with E-state index in [0.29, 0.717) is 12.2 Å². The number of hydrogen-bond acceptors (Lipinski definition) is 3. The number of nitrogens with one attached hydrogen (secondary N) is 1. The van der Waals surface area contributed by atoms with Crippen molar-refractivity contribution in [3.63, 3.8) is 0 Å². The first kappa shape index (κ1) is 15.0. The first-order valence-corrected chi connectivity index (χ1v) is 6.71. The molecule has 1 atom stereocenters. The number of carbonyl (C=O) groups is 1. The quantitative estimate of drug-likeness (QED) is 0.860. The van der Waals surface area contributed by atoms with Gasteiger partial charge >= 0.3 is 0 Å². The first-order valence-electron chi connectivity index (χ1n) is 6.71. The number of nitrogens with zero attached hydrogens (tertiary/aromatic N) is 1. The highest BCUT2D eigenvalue weighted by Gasteiger charge is 2.19. The van der Waals surface area contributed by atoms with Crippen LogP contribution in [0.15, 0.2) is 42.6 Å². The van der Waals surface area contributed by atoms with Gasteiger partial charge in [0.1, 0.15) is 5.75 Å². The molecular formula is C16H17FN2O2. The molecule has 0 aliphatic rings. The number of benzene rings is 1. The van der Waals surface area contributed by atoms with Crippen molar-refractivity contribution in [2.45, 2.75) is 19.4 Å². The molecule has 1 N–H and O–H groups in total. The number of hydrogen-bond donors (Lipinski definition) is 1. The van der Waals surface area contributed by atoms with Gasteiger partial charge in [0.15, 0.2) is 0 Å². The van der Waals surface area contributed by atoms with Crippen LogP contribution in [0.4, 0.5) is 4.39 Å². The van der Waals surface area contributed by atoms with Crippen molar-refractivity contribution in [3.8, 4) is 5.75 Å². The predicted octanol–water partition coefficient (Wildman–Crippen LogP) is 3.11. The van der Waals surface area contributed by atoms with E-state index < -0.39 is 11.9 Å². The molecule has 0 aliphatic heterocycles. The number of ether oxygens (including phenoxy) is 1. The van der Waals surface area contributed by atoms with E-state index in [1.807, 2.05) is 31.2 Å². The summed E-state index contributed by atoms with van der Waals surface area (Å²) in [6, 6.07) is 10.1. The highest BCUT2D eigenvalue weighted by Crippen LogP contribution is 2.27. The van der Waals surface area contributed by atoms with Gasteiger partial charge in [-0.1, -0.05) is 25.1 Å². The normalized spacial score (nSPS) is 11.8. The van der Waals surface area contributed by atoms with Crippen molar-refractivity contribution in [1.82, 2.24) is 10.3 Å². The Hall–Kier alpha value is -2.43. The molecule has 2 aromatic rings. The zero-order valence-electron chi connectivity index (χ0n) is 12.0. The number of amides is 1. The zero-order valence-corrected chi connectivity index (χ0v) is 12.0. The maximum atomic E-state index is 13.5. The average Bonchev–Trinajstić information content (AvgIpc) is 2.52. The molecule has 0 aliphatic carbocycles. The zero-order chi connectivity index (χ0) is 15.2. The van der Waals surface area contributed by atoms with Gasteiger partial charge in [0.2, 0.25) is 5.95 Å². The molecule has 0 bridgehead atoms. The standard InChI is InChI=1S/C16H17FN2O2/c1-3-13(11-7-4-5-9-14(11)21-2)19-16(20)12-8-6-10-18-15(12)17/h4-10,13H,3H2,1-2H3,(H,19,20). The van der Waals surface area contributed by atoms with E-state index in [0.717, 1.165) is 5.56 Å². The van der Waals surface area contributed by atoms with Crippen LogP contribution in [0.2, 0.25) is 0 Å². The molecule has 0 saturated carbocycles. The fourth-order valence-corrected chi connectivity index (χ4v) is 2.15. The van der Waals surface area contributed by atoms with Gasteiger partial charge in [0.25, 0.3) is 5.91 Å². The Morgan fingerprint density at radius 2 is 2.10 bits per heavy atom. The van der Waals surface area contributed by atoms with E-state index in [-0.39, 0.29) is 11.6 Å². The Morgan fingerprint density at radius 1 is 1.33 bits per heavy atom. The summed E-state index contributed by atoms with van der Waals surface area (Å²) in [5, 5.41) is 2.82. The largest absolute Gasteiger partial charge is 0.496 e. The van der Waals surface area contributed by atoms with Crippen LogP contribution < -0.4 is 10.1 Å². The number of para-hydroxylation sites is 1. The Morgan fingerprint density at radius 3 is 2.76 bits per heavy atom. The van der Waals surface area contributed by atoms with E-state index in [2.05, 4.69) is 10.3 Å². The minimum Gasteiger partial charge on any atom is -0.496 e. The first-order chi connectivity index (χ1) is 10.2. The third kappa shape index (κ3) is 3.37. The Balaban J connectivity index is 2.23. The van der Waals surface area contributed by atoms with Gasteiger partial charge in [-0.15, -0.1) is 0 Å². The number of methoxy groups -OCH3 is 1. The van der Waals surface area contributed by atoms with Crippen molar-refractivity contribution in [2.24, 2.45) is 0 Å². The van der Waals surface area contributed by atoms with Gasteiger partial charge in [-0.05, 0) is 24.6 Å². The van der Waals surface area contributed by atoms with Gasteiger partial charge in [-0.2, -0.15) is 4.39 Å². The molecule has 0 spiro atoms. The third-order valence-electron chi connectivity index (χ3n) is 3.23. The van der Waals surface area contributed by atoms with Crippen LogP contribution >= 0.6 is 0 Å². The number of carbonyl (C=O) groups excluding carboxylic acids is 1. The van der Waals surface area contributed by atoms with Gasteiger partial charge < -0.3 is 10.1 Å². The second kappa shape index (κ2) is 6.83. The molecular weight excluding hydrogens is 271 g/mol. The highest BCUT2D eigenvalue weighted by atomic mass is 19.1. The Bertz CT molecular complexity index is 631. The molecule has 1 aromatic carbocycles. The Kier molecular flexibility index (Phi) is 4.87. The van der Waals surface area contributed by atoms with Crippen molar-refractivity contribution in [1.29, 1.82) is 0 Å². The lowest BCUT2D eigenvalue weighted by Crippen LogP contribution is -2.29. The highest BCUT2D eigenvalue weighted by molar-refractivity contribution is 5.94. The van der Waals surface area contributed by atoms with Crippen LogP contribution in [0.25, 0.3) is 0 Å². The van der Waals surface area contributed by atoms with Gasteiger partial charge in [0.05, 0.1) is 18.7 Å². The molecule has 4 nitrogen and oxygen atoms in total. The summed E-state index contributed by atoms with van der Waals surface area (Å²) in [4.78, 5) is 15.7. The topological polar surface area (TPSA) is 51.2 Å². The fourth-order valence-electron chi connectivity index (χ4n) is 2.15. The van der Waals surface area contributed by atoms with E-state index in [1.54, 1.807) is 7.11 Å². The molecule has 0 saturated heterocycles. The van der Waals surface area contributed by atoms with Crippen LogP contribution in [-0.4, -0.2) is 18.0 Å². The van der Waals surface area contributed by atoms with Gasteiger partial charge in [-0.25, -0.2) is 4.98 Å². The van der Waals surface area contributed by atoms with Crippen LogP contribution in [0.3, 0.4) is 0 Å².